The molecule has 11 rings (SSSR count). The van der Waals surface area contributed by atoms with E-state index in [9.17, 15) is 86.8 Å². The predicted octanol–water partition coefficient (Wildman–Crippen LogP) is -4.08. The Morgan fingerprint density at radius 3 is 1.77 bits per heavy atom. The summed E-state index contributed by atoms with van der Waals surface area (Å²) in [6, 6.07) is 0. The van der Waals surface area contributed by atoms with Crippen LogP contribution in [-0.4, -0.2) is 304 Å². The van der Waals surface area contributed by atoms with Gasteiger partial charge < -0.3 is 144 Å². The van der Waals surface area contributed by atoms with Crippen LogP contribution in [0.25, 0.3) is 0 Å². The number of allylic oxidation sites excluding steroid dienone is 2. The van der Waals surface area contributed by atoms with E-state index in [1.54, 1.807) is 0 Å². The first-order valence-electron chi connectivity index (χ1n) is 33.5. The first-order valence-corrected chi connectivity index (χ1v) is 33.5. The van der Waals surface area contributed by atoms with Crippen molar-refractivity contribution < 1.29 is 148 Å². The van der Waals surface area contributed by atoms with E-state index in [0.717, 1.165) is 12.0 Å². The van der Waals surface area contributed by atoms with Crippen molar-refractivity contribution in [1.29, 1.82) is 0 Å². The van der Waals surface area contributed by atoms with E-state index < -0.39 is 220 Å². The molecule has 0 radical (unpaired) electrons. The maximum atomic E-state index is 15.3. The molecule has 6 aliphatic heterocycles. The summed E-state index contributed by atoms with van der Waals surface area (Å²) in [6.07, 6.45) is -37.4. The minimum atomic E-state index is -1.92. The second-order valence-electron chi connectivity index (χ2n) is 30.8. The number of carbonyl (C=O) groups excluding carboxylic acids is 1. The molecule has 94 heavy (non-hydrogen) atoms. The zero-order valence-corrected chi connectivity index (χ0v) is 54.6. The maximum Gasteiger partial charge on any atom is 0.315 e. The fourth-order valence-corrected chi connectivity index (χ4v) is 18.7. The number of ether oxygens (including phenoxy) is 12. The van der Waals surface area contributed by atoms with Crippen LogP contribution in [0.5, 0.6) is 0 Å². The highest BCUT2D eigenvalue weighted by Crippen LogP contribution is 2.76. The van der Waals surface area contributed by atoms with E-state index in [2.05, 4.69) is 40.7 Å². The minimum Gasteiger partial charge on any atom is -0.432 e. The number of hydrogen-bond acceptors (Lipinski definition) is 30. The number of rotatable bonds is 15. The average Bonchev–Trinajstić information content (AvgIpc) is 0.676. The number of fused-ring (bicyclic) bond motifs is 7. The van der Waals surface area contributed by atoms with Gasteiger partial charge >= 0.3 is 5.97 Å². The van der Waals surface area contributed by atoms with Crippen LogP contribution in [0.3, 0.4) is 0 Å². The average molecular weight is 1350 g/mol. The maximum absolute atomic E-state index is 15.3. The molecule has 0 bridgehead atoms. The molecule has 0 amide bonds. The van der Waals surface area contributed by atoms with E-state index in [1.165, 1.54) is 13.8 Å². The molecular weight excluding hydrogens is 1250 g/mol. The number of aliphatic hydroxyl groups is 17. The van der Waals surface area contributed by atoms with Crippen LogP contribution < -0.4 is 0 Å². The molecule has 30 nitrogen and oxygen atoms in total. The second kappa shape index (κ2) is 27.5. The molecule has 6 saturated heterocycles. The number of esters is 1. The zero-order chi connectivity index (χ0) is 68.4. The van der Waals surface area contributed by atoms with Crippen molar-refractivity contribution in [3.05, 3.63) is 11.6 Å². The van der Waals surface area contributed by atoms with E-state index in [4.69, 9.17) is 56.8 Å². The van der Waals surface area contributed by atoms with Crippen molar-refractivity contribution in [3.8, 4) is 0 Å². The standard InChI is InChI=1S/C64H104O30/c1-25-36(69)41(74)45(78)54(86-25)91-49-31(20-65)88-52(47(80)43(49)76)85-23-32-40(73)42(75)46(79)55(89-32)94-58(82)64-17-15-59(3,4)19-28(64)27-9-10-34-60(5)13-12-35(61(6,24-66)33(60)11-14-63(34,8)62(27,7)16-18-64)90-57-51(39(72)30(68)22-84-57)93-56-48(81)50(37(70)26(2)87-56)92-53-44(77)38(71)29(67)21-83-53/h9,25-26,28-57,65-81H,10-24H2,1-8H3/t25-,26-,28-,29+,30-,31+,32+,33+,34+,35+,36-,37-,38-,39-,40+,41+,42-,43+,44+,45+,46+,47+,48+,49+,50-,51+,52+,53-,54-,55-,56-,57-,60-,61-,62+,63+,64-/m0/s1. The van der Waals surface area contributed by atoms with Gasteiger partial charge in [0.15, 0.2) is 31.5 Å². The summed E-state index contributed by atoms with van der Waals surface area (Å²) in [7, 11) is 0. The van der Waals surface area contributed by atoms with Crippen LogP contribution in [0.1, 0.15) is 120 Å². The number of carbonyl (C=O) groups is 1. The van der Waals surface area contributed by atoms with Crippen LogP contribution in [0.15, 0.2) is 11.6 Å². The lowest BCUT2D eigenvalue weighted by molar-refractivity contribution is -0.379. The van der Waals surface area contributed by atoms with Gasteiger partial charge in [-0.15, -0.1) is 0 Å². The van der Waals surface area contributed by atoms with Crippen LogP contribution in [0.2, 0.25) is 0 Å². The van der Waals surface area contributed by atoms with Gasteiger partial charge in [0.2, 0.25) is 6.29 Å². The molecule has 37 atom stereocenters. The van der Waals surface area contributed by atoms with Gasteiger partial charge in [-0.25, -0.2) is 0 Å². The van der Waals surface area contributed by atoms with Gasteiger partial charge in [0, 0.05) is 5.41 Å². The molecule has 30 heteroatoms. The summed E-state index contributed by atoms with van der Waals surface area (Å²) in [5.74, 6) is -1.01. The molecule has 0 spiro atoms. The lowest BCUT2D eigenvalue weighted by atomic mass is 9.33. The SMILES string of the molecule is C[C@@H]1O[C@@H](O[C@H]2[C@H](O)[C@@H](O)[C@H](OC[C@H]3O[C@@H](OC(=O)[C@]45CCC(C)(C)C[C@H]4C4=CC[C@@H]6[C@@]7(C)CC[C@@H](O[C@@H]8OC[C@H](O)[C@H](O)[C@H]8O[C@@H]8O[C@@H](C)[C@H](O)[C@H](O[C@@H]9OC[C@@H](O)[C@H](O)[C@H]9O)[C@H]8O)[C@@](C)(CO)[C@@H]7CC[C@@]6(C)[C@]4(C)CC5)[C@H](O)[C@@H](O)[C@@H]3O)O[C@@H]2CO)[C@H](O)[C@H](O)[C@H]1O. The quantitative estimate of drug-likeness (QED) is 0.0421. The molecule has 0 unspecified atom stereocenters. The third-order valence-electron chi connectivity index (χ3n) is 24.9. The first kappa shape index (κ1) is 73.3. The predicted molar refractivity (Wildman–Crippen MR) is 315 cm³/mol. The van der Waals surface area contributed by atoms with Crippen LogP contribution in [0.4, 0.5) is 0 Å². The van der Waals surface area contributed by atoms with Crippen molar-refractivity contribution in [2.45, 2.75) is 298 Å². The topological polar surface area (TPSA) is 472 Å². The van der Waals surface area contributed by atoms with Gasteiger partial charge in [-0.3, -0.25) is 4.79 Å². The van der Waals surface area contributed by atoms with Crippen molar-refractivity contribution in [2.24, 2.45) is 50.2 Å². The van der Waals surface area contributed by atoms with Gasteiger partial charge in [-0.05, 0) is 117 Å². The Morgan fingerprint density at radius 2 is 1.09 bits per heavy atom. The summed E-state index contributed by atoms with van der Waals surface area (Å²) in [6.45, 7) is 13.7. The monoisotopic (exact) mass is 1350 g/mol. The molecule has 10 fully saturated rings. The number of hydrogen-bond donors (Lipinski definition) is 17. The second-order valence-corrected chi connectivity index (χ2v) is 30.8. The normalized spacial score (nSPS) is 55.3. The highest BCUT2D eigenvalue weighted by Gasteiger charge is 2.71. The van der Waals surface area contributed by atoms with Gasteiger partial charge in [0.25, 0.3) is 0 Å². The first-order chi connectivity index (χ1) is 44.1. The summed E-state index contributed by atoms with van der Waals surface area (Å²) in [4.78, 5) is 15.3. The Labute approximate surface area is 545 Å². The molecule has 5 aliphatic carbocycles. The molecule has 0 aromatic carbocycles. The third-order valence-corrected chi connectivity index (χ3v) is 24.9. The number of aliphatic hydroxyl groups excluding tert-OH is 17. The van der Waals surface area contributed by atoms with Gasteiger partial charge in [0.1, 0.15) is 122 Å². The summed E-state index contributed by atoms with van der Waals surface area (Å²) < 4.78 is 71.3. The highest BCUT2D eigenvalue weighted by atomic mass is 16.8. The highest BCUT2D eigenvalue weighted by molar-refractivity contribution is 5.79. The summed E-state index contributed by atoms with van der Waals surface area (Å²) in [5, 5.41) is 185. The molecule has 540 valence electrons. The Balaban J connectivity index is 0.771. The van der Waals surface area contributed by atoms with Gasteiger partial charge in [-0.1, -0.05) is 53.2 Å². The van der Waals surface area contributed by atoms with Crippen molar-refractivity contribution in [3.63, 3.8) is 0 Å². The van der Waals surface area contributed by atoms with E-state index in [-0.39, 0.29) is 47.2 Å². The zero-order valence-electron chi connectivity index (χ0n) is 54.6. The van der Waals surface area contributed by atoms with E-state index in [1.807, 2.05) is 6.92 Å². The van der Waals surface area contributed by atoms with Crippen molar-refractivity contribution in [1.82, 2.24) is 0 Å². The molecule has 11 aliphatic rings. The molecule has 6 heterocycles. The Hall–Kier alpha value is -1.91. The van der Waals surface area contributed by atoms with Crippen LogP contribution in [-0.2, 0) is 61.6 Å². The summed E-state index contributed by atoms with van der Waals surface area (Å²) >= 11 is 0. The molecule has 17 N–H and O–H groups in total. The van der Waals surface area contributed by atoms with Crippen LogP contribution in [0, 0.1) is 50.2 Å². The molecular formula is C64H104O30. The van der Waals surface area contributed by atoms with Crippen LogP contribution >= 0.6 is 0 Å². The molecule has 0 aromatic heterocycles. The largest absolute Gasteiger partial charge is 0.432 e. The van der Waals surface area contributed by atoms with Gasteiger partial charge in [-0.2, -0.15) is 0 Å². The lowest BCUT2D eigenvalue weighted by Gasteiger charge is -2.71. The minimum absolute atomic E-state index is 0.0747. The Bertz CT molecular complexity index is 2640. The van der Waals surface area contributed by atoms with E-state index in [0.29, 0.717) is 57.8 Å². The third kappa shape index (κ3) is 12.5. The van der Waals surface area contributed by atoms with Crippen molar-refractivity contribution >= 4 is 5.97 Å². The molecule has 4 saturated carbocycles. The van der Waals surface area contributed by atoms with E-state index >= 15 is 4.79 Å². The Kier molecular flexibility index (Phi) is 21.4. The fraction of sp³-hybridized carbons (Fsp3) is 0.953. The van der Waals surface area contributed by atoms with Crippen molar-refractivity contribution in [2.75, 3.05) is 33.0 Å². The summed E-state index contributed by atoms with van der Waals surface area (Å²) in [5.41, 5.74) is -2.22. The lowest BCUT2D eigenvalue weighted by Crippen LogP contribution is -2.67. The Morgan fingerprint density at radius 1 is 0.511 bits per heavy atom. The molecule has 0 aromatic rings. The van der Waals surface area contributed by atoms with Gasteiger partial charge in [0.05, 0.1) is 56.8 Å². The smallest absolute Gasteiger partial charge is 0.315 e. The fourth-order valence-electron chi connectivity index (χ4n) is 18.7.